The predicted molar refractivity (Wildman–Crippen MR) is 100 cm³/mol. The highest BCUT2D eigenvalue weighted by Gasteiger charge is 2.30. The van der Waals surface area contributed by atoms with Gasteiger partial charge in [-0.2, -0.15) is 9.40 Å². The van der Waals surface area contributed by atoms with Gasteiger partial charge in [0.15, 0.2) is 0 Å². The summed E-state index contributed by atoms with van der Waals surface area (Å²) in [7, 11) is -1.72. The van der Waals surface area contributed by atoms with E-state index in [9.17, 15) is 13.2 Å². The lowest BCUT2D eigenvalue weighted by Crippen LogP contribution is -2.49. The Balaban J connectivity index is 1.62. The van der Waals surface area contributed by atoms with Gasteiger partial charge in [0, 0.05) is 39.1 Å². The van der Waals surface area contributed by atoms with Gasteiger partial charge < -0.3 is 14.6 Å². The van der Waals surface area contributed by atoms with Crippen molar-refractivity contribution in [1.82, 2.24) is 24.0 Å². The molecule has 0 unspecified atom stereocenters. The first-order chi connectivity index (χ1) is 12.8. The lowest BCUT2D eigenvalue weighted by Gasteiger charge is -2.34. The van der Waals surface area contributed by atoms with E-state index in [4.69, 9.17) is 4.74 Å². The Morgan fingerprint density at radius 2 is 1.89 bits per heavy atom. The van der Waals surface area contributed by atoms with Gasteiger partial charge >= 0.3 is 0 Å². The van der Waals surface area contributed by atoms with Gasteiger partial charge in [0.25, 0.3) is 5.91 Å². The number of aromatic nitrogens is 3. The minimum atomic E-state index is -3.46. The van der Waals surface area contributed by atoms with Crippen LogP contribution in [0.4, 0.5) is 0 Å². The number of ether oxygens (including phenoxy) is 1. The number of sulfonamides is 1. The van der Waals surface area contributed by atoms with Gasteiger partial charge in [-0.05, 0) is 26.0 Å². The zero-order valence-electron chi connectivity index (χ0n) is 15.7. The lowest BCUT2D eigenvalue weighted by molar-refractivity contribution is -0.0440. The van der Waals surface area contributed by atoms with E-state index in [0.29, 0.717) is 24.5 Å². The predicted octanol–water partition coefficient (Wildman–Crippen LogP) is 0.380. The Kier molecular flexibility index (Phi) is 5.68. The van der Waals surface area contributed by atoms with Crippen LogP contribution in [0.3, 0.4) is 0 Å². The highest BCUT2D eigenvalue weighted by Crippen LogP contribution is 2.15. The molecule has 1 aliphatic rings. The number of carbonyl (C=O) groups is 1. The van der Waals surface area contributed by atoms with Crippen molar-refractivity contribution >= 4 is 15.9 Å². The normalized spacial score (nSPS) is 21.3. The number of nitrogens with zero attached hydrogens (tertiary/aromatic N) is 4. The summed E-state index contributed by atoms with van der Waals surface area (Å²) in [6.45, 7) is 4.40. The Hall–Kier alpha value is -2.17. The van der Waals surface area contributed by atoms with Crippen LogP contribution in [0, 0.1) is 0 Å². The first-order valence-corrected chi connectivity index (χ1v) is 10.5. The number of morpholine rings is 1. The van der Waals surface area contributed by atoms with Gasteiger partial charge in [-0.25, -0.2) is 8.42 Å². The van der Waals surface area contributed by atoms with Gasteiger partial charge in [0.1, 0.15) is 11.4 Å². The first kappa shape index (κ1) is 19.6. The Morgan fingerprint density at radius 1 is 1.26 bits per heavy atom. The highest BCUT2D eigenvalue weighted by atomic mass is 32.2. The third kappa shape index (κ3) is 4.40. The molecule has 1 amide bonds. The molecule has 0 radical (unpaired) electrons. The average molecular weight is 395 g/mol. The van der Waals surface area contributed by atoms with Gasteiger partial charge in [-0.3, -0.25) is 9.48 Å². The largest absolute Gasteiger partial charge is 0.373 e. The quantitative estimate of drug-likeness (QED) is 0.762. The monoisotopic (exact) mass is 395 g/mol. The molecule has 0 aromatic carbocycles. The van der Waals surface area contributed by atoms with Crippen LogP contribution in [0.25, 0.3) is 5.82 Å². The first-order valence-electron chi connectivity index (χ1n) is 8.85. The molecule has 10 heteroatoms. The van der Waals surface area contributed by atoms with E-state index in [2.05, 4.69) is 10.4 Å². The maximum absolute atomic E-state index is 12.6. The summed E-state index contributed by atoms with van der Waals surface area (Å²) in [6.07, 6.45) is 4.83. The van der Waals surface area contributed by atoms with E-state index in [0.717, 1.165) is 0 Å². The van der Waals surface area contributed by atoms with Gasteiger partial charge in [-0.1, -0.05) is 0 Å². The topological polar surface area (TPSA) is 98.5 Å². The second kappa shape index (κ2) is 7.83. The van der Waals surface area contributed by atoms with E-state index >= 15 is 0 Å². The van der Waals surface area contributed by atoms with E-state index in [1.165, 1.54) is 10.5 Å². The molecule has 3 heterocycles. The van der Waals surface area contributed by atoms with Crippen molar-refractivity contribution < 1.29 is 17.9 Å². The zero-order chi connectivity index (χ0) is 19.6. The molecule has 27 heavy (non-hydrogen) atoms. The number of aryl methyl sites for hydroxylation is 1. The van der Waals surface area contributed by atoms with Crippen LogP contribution in [0.15, 0.2) is 30.7 Å². The summed E-state index contributed by atoms with van der Waals surface area (Å²) < 4.78 is 35.5. The molecule has 2 aromatic rings. The van der Waals surface area contributed by atoms with Crippen LogP contribution in [0.1, 0.15) is 24.2 Å². The van der Waals surface area contributed by atoms with Crippen LogP contribution in [-0.2, 0) is 21.8 Å². The van der Waals surface area contributed by atoms with Crippen molar-refractivity contribution in [2.24, 2.45) is 7.05 Å². The molecule has 1 saturated heterocycles. The summed E-state index contributed by atoms with van der Waals surface area (Å²) in [4.78, 5) is 12.5. The molecule has 1 aliphatic heterocycles. The zero-order valence-corrected chi connectivity index (χ0v) is 16.5. The summed E-state index contributed by atoms with van der Waals surface area (Å²) in [5.41, 5.74) is 0.389. The van der Waals surface area contributed by atoms with Crippen LogP contribution < -0.4 is 5.32 Å². The standard InChI is InChI=1S/C17H25N5O4S/c1-13-11-22(12-14(2)26-13)27(24,25)9-6-18-16(23)15-10-19-20(3)17(15)21-7-4-5-8-21/h4-5,7-8,10,13-14H,6,9,11-12H2,1-3H3,(H,18,23)/t13-,14+. The second-order valence-corrected chi connectivity index (χ2v) is 8.83. The summed E-state index contributed by atoms with van der Waals surface area (Å²) in [5, 5.41) is 6.82. The van der Waals surface area contributed by atoms with Crippen LogP contribution >= 0.6 is 0 Å². The van der Waals surface area contributed by atoms with Gasteiger partial charge in [0.05, 0.1) is 24.2 Å². The minimum Gasteiger partial charge on any atom is -0.373 e. The fourth-order valence-corrected chi connectivity index (χ4v) is 4.74. The summed E-state index contributed by atoms with van der Waals surface area (Å²) in [5.74, 6) is 0.110. The van der Waals surface area contributed by atoms with Gasteiger partial charge in [0.2, 0.25) is 10.0 Å². The van der Waals surface area contributed by atoms with Crippen LogP contribution in [0.5, 0.6) is 0 Å². The van der Waals surface area contributed by atoms with Crippen molar-refractivity contribution in [3.8, 4) is 5.82 Å². The summed E-state index contributed by atoms with van der Waals surface area (Å²) >= 11 is 0. The molecule has 0 bridgehead atoms. The van der Waals surface area contributed by atoms with Crippen LogP contribution in [0.2, 0.25) is 0 Å². The molecule has 0 spiro atoms. The summed E-state index contributed by atoms with van der Waals surface area (Å²) in [6, 6.07) is 3.71. The van der Waals surface area contributed by atoms with Crippen molar-refractivity contribution in [2.75, 3.05) is 25.4 Å². The van der Waals surface area contributed by atoms with E-state index in [1.54, 1.807) is 16.3 Å². The Morgan fingerprint density at radius 3 is 2.52 bits per heavy atom. The molecule has 1 fully saturated rings. The lowest BCUT2D eigenvalue weighted by atomic mass is 10.3. The fraction of sp³-hybridized carbons (Fsp3) is 0.529. The molecule has 0 aliphatic carbocycles. The third-order valence-corrected chi connectivity index (χ3v) is 6.23. The highest BCUT2D eigenvalue weighted by molar-refractivity contribution is 7.89. The number of hydrogen-bond donors (Lipinski definition) is 1. The van der Waals surface area contributed by atoms with E-state index in [-0.39, 0.29) is 30.4 Å². The van der Waals surface area contributed by atoms with Crippen LogP contribution in [-0.4, -0.2) is 70.6 Å². The van der Waals surface area contributed by atoms with Crippen molar-refractivity contribution in [1.29, 1.82) is 0 Å². The number of hydrogen-bond acceptors (Lipinski definition) is 5. The average Bonchev–Trinajstić information content (AvgIpc) is 3.22. The Labute approximate surface area is 159 Å². The number of nitrogens with one attached hydrogen (secondary N) is 1. The van der Waals surface area contributed by atoms with E-state index < -0.39 is 10.0 Å². The number of carbonyl (C=O) groups excluding carboxylic acids is 1. The number of amides is 1. The van der Waals surface area contributed by atoms with Gasteiger partial charge in [-0.15, -0.1) is 0 Å². The van der Waals surface area contributed by atoms with Crippen molar-refractivity contribution in [2.45, 2.75) is 26.1 Å². The molecule has 0 saturated carbocycles. The SMILES string of the molecule is C[C@@H]1CN(S(=O)(=O)CCNC(=O)c2cnn(C)c2-n2cccc2)C[C@H](C)O1. The molecule has 2 atom stereocenters. The molecule has 1 N–H and O–H groups in total. The minimum absolute atomic E-state index is 0.0291. The molecule has 3 rings (SSSR count). The fourth-order valence-electron chi connectivity index (χ4n) is 3.25. The Bertz CT molecular complexity index is 881. The maximum Gasteiger partial charge on any atom is 0.256 e. The molecule has 148 valence electrons. The third-order valence-electron chi connectivity index (χ3n) is 4.43. The maximum atomic E-state index is 12.6. The molecule has 2 aromatic heterocycles. The molecular formula is C17H25N5O4S. The molecular weight excluding hydrogens is 370 g/mol. The van der Waals surface area contributed by atoms with Crippen molar-refractivity contribution in [3.05, 3.63) is 36.3 Å². The smallest absolute Gasteiger partial charge is 0.256 e. The van der Waals surface area contributed by atoms with E-state index in [1.807, 2.05) is 38.4 Å². The molecule has 9 nitrogen and oxygen atoms in total. The van der Waals surface area contributed by atoms with Crippen molar-refractivity contribution in [3.63, 3.8) is 0 Å². The second-order valence-electron chi connectivity index (χ2n) is 6.74. The number of rotatable bonds is 6.